The Morgan fingerprint density at radius 3 is 2.82 bits per heavy atom. The fourth-order valence-corrected chi connectivity index (χ4v) is 1.86. The number of hydrogen-bond acceptors (Lipinski definition) is 3. The van der Waals surface area contributed by atoms with E-state index in [4.69, 9.17) is 10.9 Å². The fourth-order valence-electron chi connectivity index (χ4n) is 1.26. The molecule has 0 saturated carbocycles. The quantitative estimate of drug-likeness (QED) is 0.254. The highest BCUT2D eigenvalue weighted by Crippen LogP contribution is 2.16. The summed E-state index contributed by atoms with van der Waals surface area (Å²) in [5.41, 5.74) is 7.02. The van der Waals surface area contributed by atoms with Crippen molar-refractivity contribution < 1.29 is 10.0 Å². The van der Waals surface area contributed by atoms with Crippen LogP contribution in [0.1, 0.15) is 22.8 Å². The lowest BCUT2D eigenvalue weighted by molar-refractivity contribution is 0.0947. The van der Waals surface area contributed by atoms with Gasteiger partial charge in [0.15, 0.2) is 5.84 Å². The molecule has 0 aliphatic heterocycles. The molecule has 0 aromatic heterocycles. The van der Waals surface area contributed by atoms with Crippen LogP contribution in [0, 0.1) is 10.5 Å². The van der Waals surface area contributed by atoms with E-state index in [-0.39, 0.29) is 11.7 Å². The summed E-state index contributed by atoms with van der Waals surface area (Å²) < 4.78 is 0.898. The Labute approximate surface area is 113 Å². The van der Waals surface area contributed by atoms with Crippen molar-refractivity contribution in [3.8, 4) is 0 Å². The molecule has 0 heterocycles. The summed E-state index contributed by atoms with van der Waals surface area (Å²) in [6.45, 7) is 3.58. The number of rotatable bonds is 3. The first kappa shape index (κ1) is 13.8. The Bertz CT molecular complexity index is 460. The van der Waals surface area contributed by atoms with Crippen molar-refractivity contribution >= 4 is 34.3 Å². The molecule has 6 heteroatoms. The minimum absolute atomic E-state index is 0.0268. The molecule has 1 unspecified atom stereocenters. The molecule has 1 atom stereocenters. The zero-order valence-corrected chi connectivity index (χ0v) is 11.7. The van der Waals surface area contributed by atoms with Crippen molar-refractivity contribution in [3.05, 3.63) is 32.9 Å². The van der Waals surface area contributed by atoms with Crippen LogP contribution in [0.15, 0.2) is 23.4 Å². The second kappa shape index (κ2) is 5.85. The number of carbonyl (C=O) groups is 1. The van der Waals surface area contributed by atoms with Gasteiger partial charge in [-0.2, -0.15) is 0 Å². The number of carbonyl (C=O) groups excluding carboxylic acids is 1. The predicted molar refractivity (Wildman–Crippen MR) is 74.2 cm³/mol. The highest BCUT2D eigenvalue weighted by Gasteiger charge is 2.15. The maximum Gasteiger partial charge on any atom is 0.252 e. The Hall–Kier alpha value is -1.31. The number of benzene rings is 1. The van der Waals surface area contributed by atoms with E-state index in [1.807, 2.05) is 19.1 Å². The van der Waals surface area contributed by atoms with E-state index >= 15 is 0 Å². The summed E-state index contributed by atoms with van der Waals surface area (Å²) in [5, 5.41) is 14.0. The molecule has 1 amide bonds. The van der Waals surface area contributed by atoms with Gasteiger partial charge in [-0.1, -0.05) is 17.3 Å². The first-order chi connectivity index (χ1) is 7.97. The van der Waals surface area contributed by atoms with E-state index in [0.717, 1.165) is 9.13 Å². The number of nitrogens with one attached hydrogen (secondary N) is 1. The zero-order chi connectivity index (χ0) is 13.0. The van der Waals surface area contributed by atoms with Gasteiger partial charge in [-0.15, -0.1) is 0 Å². The van der Waals surface area contributed by atoms with Gasteiger partial charge >= 0.3 is 0 Å². The Morgan fingerprint density at radius 2 is 2.24 bits per heavy atom. The van der Waals surface area contributed by atoms with Gasteiger partial charge in [0, 0.05) is 3.57 Å². The van der Waals surface area contributed by atoms with E-state index in [9.17, 15) is 4.79 Å². The van der Waals surface area contributed by atoms with Crippen molar-refractivity contribution in [1.29, 1.82) is 0 Å². The van der Waals surface area contributed by atoms with E-state index in [0.29, 0.717) is 5.56 Å². The third-order valence-corrected chi connectivity index (χ3v) is 3.78. The van der Waals surface area contributed by atoms with Crippen LogP contribution in [0.5, 0.6) is 0 Å². The van der Waals surface area contributed by atoms with E-state index < -0.39 is 6.04 Å². The van der Waals surface area contributed by atoms with Gasteiger partial charge in [0.1, 0.15) is 0 Å². The molecule has 4 N–H and O–H groups in total. The van der Waals surface area contributed by atoms with Crippen molar-refractivity contribution in [3.63, 3.8) is 0 Å². The van der Waals surface area contributed by atoms with Crippen LogP contribution < -0.4 is 11.1 Å². The normalized spacial score (nSPS) is 13.2. The zero-order valence-electron chi connectivity index (χ0n) is 9.57. The largest absolute Gasteiger partial charge is 0.409 e. The molecule has 0 bridgehead atoms. The van der Waals surface area contributed by atoms with Gasteiger partial charge in [0.05, 0.1) is 11.6 Å². The molecule has 1 aromatic rings. The van der Waals surface area contributed by atoms with Crippen LogP contribution in [0.2, 0.25) is 0 Å². The molecule has 0 fully saturated rings. The van der Waals surface area contributed by atoms with Gasteiger partial charge in [0.25, 0.3) is 5.91 Å². The van der Waals surface area contributed by atoms with Crippen LogP contribution >= 0.6 is 22.6 Å². The minimum Gasteiger partial charge on any atom is -0.409 e. The molecule has 1 rings (SSSR count). The topological polar surface area (TPSA) is 87.7 Å². The lowest BCUT2D eigenvalue weighted by atomic mass is 10.1. The third-order valence-electron chi connectivity index (χ3n) is 2.34. The Kier molecular flexibility index (Phi) is 4.73. The molecule has 1 aromatic carbocycles. The summed E-state index contributed by atoms with van der Waals surface area (Å²) in [7, 11) is 0. The maximum atomic E-state index is 11.9. The molecule has 92 valence electrons. The van der Waals surface area contributed by atoms with Crippen LogP contribution in [0.4, 0.5) is 0 Å². The summed E-state index contributed by atoms with van der Waals surface area (Å²) in [5.74, 6) is -0.266. The van der Waals surface area contributed by atoms with Gasteiger partial charge < -0.3 is 16.3 Å². The van der Waals surface area contributed by atoms with Gasteiger partial charge in [-0.25, -0.2) is 0 Å². The molecule has 0 radical (unpaired) electrons. The molecule has 0 spiro atoms. The second-order valence-corrected chi connectivity index (χ2v) is 4.74. The summed E-state index contributed by atoms with van der Waals surface area (Å²) >= 11 is 2.12. The number of oxime groups is 1. The first-order valence-corrected chi connectivity index (χ1v) is 6.08. The molecule has 0 aliphatic carbocycles. The van der Waals surface area contributed by atoms with Gasteiger partial charge in [-0.05, 0) is 48.1 Å². The average molecular weight is 347 g/mol. The van der Waals surface area contributed by atoms with Crippen LogP contribution in [-0.4, -0.2) is 23.0 Å². The minimum atomic E-state index is -0.510. The van der Waals surface area contributed by atoms with E-state index in [1.54, 1.807) is 13.0 Å². The summed E-state index contributed by atoms with van der Waals surface area (Å²) in [6.07, 6.45) is 0. The molecule has 0 saturated heterocycles. The van der Waals surface area contributed by atoms with Crippen LogP contribution in [-0.2, 0) is 0 Å². The molecule has 17 heavy (non-hydrogen) atoms. The third kappa shape index (κ3) is 3.32. The maximum absolute atomic E-state index is 11.9. The Balaban J connectivity index is 2.88. The molecular formula is C11H14IN3O2. The molecular weight excluding hydrogens is 333 g/mol. The highest BCUT2D eigenvalue weighted by atomic mass is 127. The van der Waals surface area contributed by atoms with Crippen molar-refractivity contribution in [2.75, 3.05) is 0 Å². The predicted octanol–water partition coefficient (Wildman–Crippen LogP) is 1.46. The molecule has 5 nitrogen and oxygen atoms in total. The highest BCUT2D eigenvalue weighted by molar-refractivity contribution is 14.1. The SMILES string of the molecule is Cc1cccc(C(=O)NC(C)/C(N)=N/O)c1I. The smallest absolute Gasteiger partial charge is 0.252 e. The fraction of sp³-hybridized carbons (Fsp3) is 0.273. The number of nitrogens with two attached hydrogens (primary N) is 1. The van der Waals surface area contributed by atoms with Gasteiger partial charge in [0.2, 0.25) is 0 Å². The lowest BCUT2D eigenvalue weighted by Crippen LogP contribution is -2.42. The van der Waals surface area contributed by atoms with Crippen molar-refractivity contribution in [2.45, 2.75) is 19.9 Å². The number of halogens is 1. The van der Waals surface area contributed by atoms with Crippen molar-refractivity contribution in [2.24, 2.45) is 10.9 Å². The average Bonchev–Trinajstić information content (AvgIpc) is 2.31. The first-order valence-electron chi connectivity index (χ1n) is 5.00. The van der Waals surface area contributed by atoms with Crippen LogP contribution in [0.25, 0.3) is 0 Å². The standard InChI is InChI=1S/C11H14IN3O2/c1-6-4-3-5-8(9(6)12)11(16)14-7(2)10(13)15-17/h3-5,7,17H,1-2H3,(H2,13,15)(H,14,16). The summed E-state index contributed by atoms with van der Waals surface area (Å²) in [4.78, 5) is 11.9. The number of amidine groups is 1. The number of hydrogen-bond donors (Lipinski definition) is 3. The number of amides is 1. The van der Waals surface area contributed by atoms with E-state index in [1.165, 1.54) is 0 Å². The lowest BCUT2D eigenvalue weighted by Gasteiger charge is -2.13. The molecule has 0 aliphatic rings. The van der Waals surface area contributed by atoms with Gasteiger partial charge in [-0.3, -0.25) is 4.79 Å². The van der Waals surface area contributed by atoms with E-state index in [2.05, 4.69) is 33.1 Å². The number of aryl methyl sites for hydroxylation is 1. The van der Waals surface area contributed by atoms with Crippen LogP contribution in [0.3, 0.4) is 0 Å². The van der Waals surface area contributed by atoms with Crippen molar-refractivity contribution in [1.82, 2.24) is 5.32 Å². The Morgan fingerprint density at radius 1 is 1.59 bits per heavy atom. The number of nitrogens with zero attached hydrogens (tertiary/aromatic N) is 1. The second-order valence-electron chi connectivity index (χ2n) is 3.66. The summed E-state index contributed by atoms with van der Waals surface area (Å²) in [6, 6.07) is 4.98. The monoisotopic (exact) mass is 347 g/mol.